The maximum atomic E-state index is 12.0. The van der Waals surface area contributed by atoms with Crippen LogP contribution in [0.1, 0.15) is 49.5 Å². The van der Waals surface area contributed by atoms with Gasteiger partial charge in [-0.3, -0.25) is 9.59 Å². The summed E-state index contributed by atoms with van der Waals surface area (Å²) < 4.78 is 0. The van der Waals surface area contributed by atoms with Crippen LogP contribution in [0.5, 0.6) is 0 Å². The van der Waals surface area contributed by atoms with E-state index < -0.39 is 0 Å². The zero-order valence-electron chi connectivity index (χ0n) is 12.1. The largest absolute Gasteiger partial charge is 0.343 e. The number of carbonyl (C=O) groups excluding carboxylic acids is 2. The van der Waals surface area contributed by atoms with Gasteiger partial charge in [-0.1, -0.05) is 31.2 Å². The summed E-state index contributed by atoms with van der Waals surface area (Å²) in [6.45, 7) is 7.39. The highest BCUT2D eigenvalue weighted by Crippen LogP contribution is 2.09. The number of hydrogen-bond donors (Lipinski definition) is 0. The Morgan fingerprint density at radius 1 is 0.947 bits per heavy atom. The smallest absolute Gasteiger partial charge is 0.223 e. The number of nitrogens with zero attached hydrogens (tertiary/aromatic N) is 1. The molecule has 1 rings (SSSR count). The normalized spacial score (nSPS) is 10.3. The number of aryl methyl sites for hydroxylation is 1. The summed E-state index contributed by atoms with van der Waals surface area (Å²) in [5.74, 6) is 0.103. The molecular weight excluding hydrogens is 238 g/mol. The molecule has 0 heterocycles. The predicted octanol–water partition coefficient (Wildman–Crippen LogP) is 3.08. The highest BCUT2D eigenvalue weighted by atomic mass is 16.2. The van der Waals surface area contributed by atoms with Gasteiger partial charge in [0.1, 0.15) is 0 Å². The minimum absolute atomic E-state index is 0.0446. The number of amides is 1. The van der Waals surface area contributed by atoms with Crippen molar-refractivity contribution in [2.75, 3.05) is 13.1 Å². The summed E-state index contributed by atoms with van der Waals surface area (Å²) in [4.78, 5) is 25.5. The van der Waals surface area contributed by atoms with Crippen LogP contribution in [0.2, 0.25) is 0 Å². The second kappa shape index (κ2) is 7.72. The van der Waals surface area contributed by atoms with Crippen molar-refractivity contribution in [2.24, 2.45) is 0 Å². The van der Waals surface area contributed by atoms with E-state index in [0.717, 1.165) is 6.42 Å². The molecule has 1 amide bonds. The third-order valence-corrected chi connectivity index (χ3v) is 3.37. The van der Waals surface area contributed by atoms with Crippen LogP contribution < -0.4 is 0 Å². The Morgan fingerprint density at radius 3 is 2.00 bits per heavy atom. The van der Waals surface area contributed by atoms with Gasteiger partial charge in [-0.15, -0.1) is 0 Å². The van der Waals surface area contributed by atoms with Gasteiger partial charge in [0.15, 0.2) is 5.78 Å². The Hall–Kier alpha value is -1.64. The van der Waals surface area contributed by atoms with E-state index in [0.29, 0.717) is 31.5 Å². The van der Waals surface area contributed by atoms with Gasteiger partial charge in [0, 0.05) is 31.5 Å². The molecule has 0 radical (unpaired) electrons. The van der Waals surface area contributed by atoms with E-state index in [1.54, 1.807) is 4.90 Å². The SMILES string of the molecule is CCc1ccc(C(=O)CCC(=O)N(CC)CC)cc1. The van der Waals surface area contributed by atoms with Crippen molar-refractivity contribution in [3.05, 3.63) is 35.4 Å². The second-order valence-corrected chi connectivity index (χ2v) is 4.54. The lowest BCUT2D eigenvalue weighted by atomic mass is 10.0. The van der Waals surface area contributed by atoms with Crippen molar-refractivity contribution in [1.29, 1.82) is 0 Å². The molecule has 104 valence electrons. The molecule has 0 bridgehead atoms. The summed E-state index contributed by atoms with van der Waals surface area (Å²) in [5.41, 5.74) is 1.92. The van der Waals surface area contributed by atoms with Gasteiger partial charge >= 0.3 is 0 Å². The first kappa shape index (κ1) is 15.4. The van der Waals surface area contributed by atoms with Crippen molar-refractivity contribution in [2.45, 2.75) is 40.0 Å². The van der Waals surface area contributed by atoms with E-state index in [1.807, 2.05) is 38.1 Å². The molecule has 0 atom stereocenters. The van der Waals surface area contributed by atoms with E-state index in [-0.39, 0.29) is 11.7 Å². The maximum Gasteiger partial charge on any atom is 0.223 e. The molecule has 0 aliphatic carbocycles. The molecule has 0 saturated heterocycles. The molecule has 19 heavy (non-hydrogen) atoms. The second-order valence-electron chi connectivity index (χ2n) is 4.54. The standard InChI is InChI=1S/C16H23NO2/c1-4-13-7-9-14(10-8-13)15(18)11-12-16(19)17(5-2)6-3/h7-10H,4-6,11-12H2,1-3H3. The van der Waals surface area contributed by atoms with Gasteiger partial charge in [0.05, 0.1) is 0 Å². The molecular formula is C16H23NO2. The number of hydrogen-bond acceptors (Lipinski definition) is 2. The number of rotatable bonds is 7. The Morgan fingerprint density at radius 2 is 1.53 bits per heavy atom. The van der Waals surface area contributed by atoms with E-state index in [4.69, 9.17) is 0 Å². The van der Waals surface area contributed by atoms with Crippen LogP contribution in [0.3, 0.4) is 0 Å². The third-order valence-electron chi connectivity index (χ3n) is 3.37. The van der Waals surface area contributed by atoms with Gasteiger partial charge in [0.25, 0.3) is 0 Å². The molecule has 1 aromatic rings. The minimum Gasteiger partial charge on any atom is -0.343 e. The molecule has 3 nitrogen and oxygen atoms in total. The van der Waals surface area contributed by atoms with Crippen LogP contribution in [0.15, 0.2) is 24.3 Å². The fraction of sp³-hybridized carbons (Fsp3) is 0.500. The van der Waals surface area contributed by atoms with Crippen molar-refractivity contribution in [3.8, 4) is 0 Å². The molecule has 0 aliphatic rings. The molecule has 0 spiro atoms. The number of Topliss-reactive ketones (excluding diaryl/α,β-unsaturated/α-hetero) is 1. The van der Waals surface area contributed by atoms with Gasteiger partial charge in [-0.25, -0.2) is 0 Å². The van der Waals surface area contributed by atoms with Crippen LogP contribution in [0.4, 0.5) is 0 Å². The van der Waals surface area contributed by atoms with Crippen LogP contribution in [0, 0.1) is 0 Å². The molecule has 0 aromatic heterocycles. The monoisotopic (exact) mass is 261 g/mol. The van der Waals surface area contributed by atoms with Crippen molar-refractivity contribution in [3.63, 3.8) is 0 Å². The van der Waals surface area contributed by atoms with E-state index in [9.17, 15) is 9.59 Å². The van der Waals surface area contributed by atoms with Crippen LogP contribution >= 0.6 is 0 Å². The van der Waals surface area contributed by atoms with E-state index >= 15 is 0 Å². The summed E-state index contributed by atoms with van der Waals surface area (Å²) in [5, 5.41) is 0. The van der Waals surface area contributed by atoms with Gasteiger partial charge < -0.3 is 4.90 Å². The Kier molecular flexibility index (Phi) is 6.26. The Bertz CT molecular complexity index is 419. The first-order chi connectivity index (χ1) is 9.12. The summed E-state index contributed by atoms with van der Waals surface area (Å²) in [6, 6.07) is 7.64. The van der Waals surface area contributed by atoms with Crippen molar-refractivity contribution in [1.82, 2.24) is 4.90 Å². The quantitative estimate of drug-likeness (QED) is 0.707. The number of carbonyl (C=O) groups is 2. The van der Waals surface area contributed by atoms with Gasteiger partial charge in [0.2, 0.25) is 5.91 Å². The van der Waals surface area contributed by atoms with Crippen LogP contribution in [-0.4, -0.2) is 29.7 Å². The molecule has 1 aromatic carbocycles. The fourth-order valence-electron chi connectivity index (χ4n) is 2.03. The molecule has 0 fully saturated rings. The topological polar surface area (TPSA) is 37.4 Å². The van der Waals surface area contributed by atoms with Crippen molar-refractivity contribution >= 4 is 11.7 Å². The third kappa shape index (κ3) is 4.51. The van der Waals surface area contributed by atoms with Crippen LogP contribution in [-0.2, 0) is 11.2 Å². The van der Waals surface area contributed by atoms with Crippen molar-refractivity contribution < 1.29 is 9.59 Å². The highest BCUT2D eigenvalue weighted by molar-refractivity contribution is 5.97. The first-order valence-electron chi connectivity index (χ1n) is 7.02. The first-order valence-corrected chi connectivity index (χ1v) is 7.02. The fourth-order valence-corrected chi connectivity index (χ4v) is 2.03. The minimum atomic E-state index is 0.0446. The number of benzene rings is 1. The number of ketones is 1. The summed E-state index contributed by atoms with van der Waals surface area (Å²) in [6.07, 6.45) is 1.56. The van der Waals surface area contributed by atoms with E-state index in [2.05, 4.69) is 6.92 Å². The maximum absolute atomic E-state index is 12.0. The molecule has 0 aliphatic heterocycles. The highest BCUT2D eigenvalue weighted by Gasteiger charge is 2.13. The van der Waals surface area contributed by atoms with Crippen LogP contribution in [0.25, 0.3) is 0 Å². The molecule has 0 saturated carbocycles. The zero-order valence-corrected chi connectivity index (χ0v) is 12.1. The predicted molar refractivity (Wildman–Crippen MR) is 77.3 cm³/mol. The Balaban J connectivity index is 2.52. The summed E-state index contributed by atoms with van der Waals surface area (Å²) >= 11 is 0. The molecule has 0 N–H and O–H groups in total. The lowest BCUT2D eigenvalue weighted by Gasteiger charge is -2.18. The molecule has 0 unspecified atom stereocenters. The molecule has 3 heteroatoms. The average Bonchev–Trinajstić information content (AvgIpc) is 2.46. The lowest BCUT2D eigenvalue weighted by Crippen LogP contribution is -2.30. The van der Waals surface area contributed by atoms with Gasteiger partial charge in [-0.05, 0) is 25.8 Å². The average molecular weight is 261 g/mol. The lowest BCUT2D eigenvalue weighted by molar-refractivity contribution is -0.130. The Labute approximate surface area is 115 Å². The summed E-state index contributed by atoms with van der Waals surface area (Å²) in [7, 11) is 0. The van der Waals surface area contributed by atoms with Gasteiger partial charge in [-0.2, -0.15) is 0 Å². The zero-order chi connectivity index (χ0) is 14.3. The van der Waals surface area contributed by atoms with E-state index in [1.165, 1.54) is 5.56 Å².